The molecule has 1 atom stereocenters. The smallest absolute Gasteiger partial charge is 0.245 e. The van der Waals surface area contributed by atoms with Crippen molar-refractivity contribution in [2.24, 2.45) is 5.73 Å². The van der Waals surface area contributed by atoms with Gasteiger partial charge in [-0.1, -0.05) is 0 Å². The molecule has 1 aliphatic heterocycles. The number of amides is 2. The fraction of sp³-hybridized carbons (Fsp3) is 0.846. The highest BCUT2D eigenvalue weighted by molar-refractivity contribution is 5.90. The Labute approximate surface area is 108 Å². The van der Waals surface area contributed by atoms with Crippen LogP contribution >= 0.6 is 0 Å². The zero-order chi connectivity index (χ0) is 13.1. The van der Waals surface area contributed by atoms with Crippen molar-refractivity contribution in [1.29, 1.82) is 0 Å². The van der Waals surface area contributed by atoms with Gasteiger partial charge in [0.05, 0.1) is 0 Å². The SMILES string of the molecule is CCN(C(=O)[C@@H]1CCC(=O)N1)C1CCC(N)CC1. The first kappa shape index (κ1) is 13.3. The maximum atomic E-state index is 12.4. The molecule has 5 nitrogen and oxygen atoms in total. The van der Waals surface area contributed by atoms with Crippen LogP contribution < -0.4 is 11.1 Å². The van der Waals surface area contributed by atoms with Gasteiger partial charge in [0.15, 0.2) is 0 Å². The first-order valence-corrected chi connectivity index (χ1v) is 6.97. The number of nitrogens with zero attached hydrogens (tertiary/aromatic N) is 1. The molecule has 0 unspecified atom stereocenters. The summed E-state index contributed by atoms with van der Waals surface area (Å²) in [5.41, 5.74) is 5.89. The largest absolute Gasteiger partial charge is 0.344 e. The Bertz CT molecular complexity index is 324. The standard InChI is InChI=1S/C13H23N3O2/c1-2-16(10-5-3-9(14)4-6-10)13(18)11-7-8-12(17)15-11/h9-11H,2-8,14H2,1H3,(H,15,17)/t9?,10?,11-/m0/s1. The molecule has 2 aliphatic rings. The third-order valence-electron chi connectivity index (χ3n) is 4.10. The lowest BCUT2D eigenvalue weighted by Crippen LogP contribution is -2.50. The van der Waals surface area contributed by atoms with Crippen molar-refractivity contribution >= 4 is 11.8 Å². The zero-order valence-electron chi connectivity index (χ0n) is 11.0. The molecule has 2 fully saturated rings. The Kier molecular flexibility index (Phi) is 4.22. The summed E-state index contributed by atoms with van der Waals surface area (Å²) in [7, 11) is 0. The summed E-state index contributed by atoms with van der Waals surface area (Å²) in [5, 5.41) is 2.76. The Balaban J connectivity index is 1.95. The molecule has 1 saturated carbocycles. The van der Waals surface area contributed by atoms with Crippen LogP contribution in [0, 0.1) is 0 Å². The third kappa shape index (κ3) is 2.83. The summed E-state index contributed by atoms with van der Waals surface area (Å²) < 4.78 is 0. The molecule has 2 rings (SSSR count). The molecule has 102 valence electrons. The van der Waals surface area contributed by atoms with Crippen molar-refractivity contribution in [1.82, 2.24) is 10.2 Å². The van der Waals surface area contributed by atoms with Gasteiger partial charge in [0.25, 0.3) is 0 Å². The normalized spacial score (nSPS) is 32.1. The molecule has 2 amide bonds. The lowest BCUT2D eigenvalue weighted by atomic mass is 9.90. The summed E-state index contributed by atoms with van der Waals surface area (Å²) in [5.74, 6) is 0.0823. The summed E-state index contributed by atoms with van der Waals surface area (Å²) in [4.78, 5) is 25.5. The summed E-state index contributed by atoms with van der Waals surface area (Å²) >= 11 is 0. The average Bonchev–Trinajstić information content (AvgIpc) is 2.79. The number of rotatable bonds is 3. The Morgan fingerprint density at radius 3 is 2.50 bits per heavy atom. The van der Waals surface area contributed by atoms with Gasteiger partial charge < -0.3 is 16.0 Å². The Morgan fingerprint density at radius 2 is 2.00 bits per heavy atom. The molecule has 0 radical (unpaired) electrons. The Hall–Kier alpha value is -1.10. The van der Waals surface area contributed by atoms with Crippen molar-refractivity contribution < 1.29 is 9.59 Å². The third-order valence-corrected chi connectivity index (χ3v) is 4.10. The van der Waals surface area contributed by atoms with Gasteiger partial charge in [-0.25, -0.2) is 0 Å². The van der Waals surface area contributed by atoms with Crippen molar-refractivity contribution in [3.05, 3.63) is 0 Å². The van der Waals surface area contributed by atoms with Gasteiger partial charge in [0.1, 0.15) is 6.04 Å². The second-order valence-electron chi connectivity index (χ2n) is 5.35. The first-order chi connectivity index (χ1) is 8.61. The van der Waals surface area contributed by atoms with Gasteiger partial charge in [-0.05, 0) is 39.0 Å². The first-order valence-electron chi connectivity index (χ1n) is 6.97. The van der Waals surface area contributed by atoms with Crippen LogP contribution in [0.1, 0.15) is 45.4 Å². The molecule has 0 aromatic carbocycles. The lowest BCUT2D eigenvalue weighted by molar-refractivity contribution is -0.137. The fourth-order valence-corrected chi connectivity index (χ4v) is 3.01. The highest BCUT2D eigenvalue weighted by atomic mass is 16.2. The zero-order valence-corrected chi connectivity index (χ0v) is 11.0. The van der Waals surface area contributed by atoms with E-state index in [1.165, 1.54) is 0 Å². The van der Waals surface area contributed by atoms with E-state index >= 15 is 0 Å². The van der Waals surface area contributed by atoms with Crippen LogP contribution in [0.4, 0.5) is 0 Å². The van der Waals surface area contributed by atoms with E-state index < -0.39 is 0 Å². The molecule has 1 heterocycles. The van der Waals surface area contributed by atoms with E-state index in [1.54, 1.807) is 0 Å². The number of carbonyl (C=O) groups is 2. The van der Waals surface area contributed by atoms with Gasteiger partial charge in [-0.2, -0.15) is 0 Å². The van der Waals surface area contributed by atoms with Crippen molar-refractivity contribution in [2.75, 3.05) is 6.54 Å². The monoisotopic (exact) mass is 253 g/mol. The molecule has 0 aromatic rings. The van der Waals surface area contributed by atoms with E-state index in [0.29, 0.717) is 31.5 Å². The topological polar surface area (TPSA) is 75.4 Å². The minimum Gasteiger partial charge on any atom is -0.344 e. The molecule has 0 aromatic heterocycles. The molecule has 3 N–H and O–H groups in total. The van der Waals surface area contributed by atoms with Crippen LogP contribution in [-0.2, 0) is 9.59 Å². The number of hydrogen-bond donors (Lipinski definition) is 2. The van der Waals surface area contributed by atoms with Crippen LogP contribution in [0.2, 0.25) is 0 Å². The van der Waals surface area contributed by atoms with E-state index in [1.807, 2.05) is 11.8 Å². The average molecular weight is 253 g/mol. The van der Waals surface area contributed by atoms with Gasteiger partial charge in [0, 0.05) is 25.0 Å². The van der Waals surface area contributed by atoms with E-state index in [-0.39, 0.29) is 17.9 Å². The number of carbonyl (C=O) groups excluding carboxylic acids is 2. The van der Waals surface area contributed by atoms with Gasteiger partial charge in [-0.3, -0.25) is 9.59 Å². The summed E-state index contributed by atoms with van der Waals surface area (Å²) in [6, 6.07) is 0.300. The van der Waals surface area contributed by atoms with Crippen LogP contribution in [0.15, 0.2) is 0 Å². The highest BCUT2D eigenvalue weighted by Gasteiger charge is 2.34. The summed E-state index contributed by atoms with van der Waals surface area (Å²) in [6.07, 6.45) is 5.07. The molecule has 1 aliphatic carbocycles. The summed E-state index contributed by atoms with van der Waals surface area (Å²) in [6.45, 7) is 2.72. The molecule has 0 bridgehead atoms. The second-order valence-corrected chi connectivity index (χ2v) is 5.35. The second kappa shape index (κ2) is 5.69. The van der Waals surface area contributed by atoms with Crippen molar-refractivity contribution in [3.8, 4) is 0 Å². The van der Waals surface area contributed by atoms with Crippen LogP contribution in [0.3, 0.4) is 0 Å². The highest BCUT2D eigenvalue weighted by Crippen LogP contribution is 2.23. The molecular formula is C13H23N3O2. The molecular weight excluding hydrogens is 230 g/mol. The lowest BCUT2D eigenvalue weighted by Gasteiger charge is -2.36. The van der Waals surface area contributed by atoms with Gasteiger partial charge in [-0.15, -0.1) is 0 Å². The van der Waals surface area contributed by atoms with E-state index in [2.05, 4.69) is 5.32 Å². The van der Waals surface area contributed by atoms with Gasteiger partial charge in [0.2, 0.25) is 11.8 Å². The predicted molar refractivity (Wildman–Crippen MR) is 68.8 cm³/mol. The van der Waals surface area contributed by atoms with Crippen LogP contribution in [0.5, 0.6) is 0 Å². The molecule has 18 heavy (non-hydrogen) atoms. The maximum absolute atomic E-state index is 12.4. The Morgan fingerprint density at radius 1 is 1.33 bits per heavy atom. The van der Waals surface area contributed by atoms with E-state index in [0.717, 1.165) is 25.7 Å². The van der Waals surface area contributed by atoms with E-state index in [9.17, 15) is 9.59 Å². The molecule has 5 heteroatoms. The van der Waals surface area contributed by atoms with E-state index in [4.69, 9.17) is 5.73 Å². The van der Waals surface area contributed by atoms with Crippen molar-refractivity contribution in [3.63, 3.8) is 0 Å². The van der Waals surface area contributed by atoms with Gasteiger partial charge >= 0.3 is 0 Å². The number of likely N-dealkylation sites (N-methyl/N-ethyl adjacent to an activating group) is 1. The molecule has 1 saturated heterocycles. The van der Waals surface area contributed by atoms with Crippen molar-refractivity contribution in [2.45, 2.75) is 63.6 Å². The number of hydrogen-bond acceptors (Lipinski definition) is 3. The number of nitrogens with one attached hydrogen (secondary N) is 1. The molecule has 0 spiro atoms. The van der Waals surface area contributed by atoms with Crippen LogP contribution in [-0.4, -0.2) is 41.4 Å². The maximum Gasteiger partial charge on any atom is 0.245 e. The quantitative estimate of drug-likeness (QED) is 0.763. The number of nitrogens with two attached hydrogens (primary N) is 1. The predicted octanol–water partition coefficient (Wildman–Crippen LogP) is 0.383. The minimum absolute atomic E-state index is 0.00457. The fourth-order valence-electron chi connectivity index (χ4n) is 3.01. The minimum atomic E-state index is -0.298. The van der Waals surface area contributed by atoms with Crippen LogP contribution in [0.25, 0.3) is 0 Å².